The first-order chi connectivity index (χ1) is 6.94. The maximum atomic E-state index is 11.3. The van der Waals surface area contributed by atoms with E-state index in [2.05, 4.69) is 0 Å². The Labute approximate surface area is 88.3 Å². The number of likely N-dealkylation sites (tertiary alicyclic amines) is 1. The zero-order chi connectivity index (χ0) is 11.2. The van der Waals surface area contributed by atoms with Crippen LogP contribution in [0.5, 0.6) is 0 Å². The third kappa shape index (κ3) is 1.66. The number of carbonyl (C=O) groups is 2. The van der Waals surface area contributed by atoms with E-state index in [9.17, 15) is 9.59 Å². The van der Waals surface area contributed by atoms with E-state index in [4.69, 9.17) is 9.47 Å². The molecule has 0 radical (unpaired) electrons. The van der Waals surface area contributed by atoms with Crippen LogP contribution in [0.4, 0.5) is 0 Å². The van der Waals surface area contributed by atoms with Crippen molar-refractivity contribution in [1.82, 2.24) is 4.90 Å². The molecule has 1 amide bonds. The molecule has 2 heterocycles. The van der Waals surface area contributed by atoms with Gasteiger partial charge in [-0.3, -0.25) is 4.79 Å². The van der Waals surface area contributed by atoms with Gasteiger partial charge in [-0.15, -0.1) is 0 Å². The lowest BCUT2D eigenvalue weighted by Gasteiger charge is -2.25. The summed E-state index contributed by atoms with van der Waals surface area (Å²) in [6, 6.07) is -0.505. The molecular formula is C10H15NO4. The Bertz CT molecular complexity index is 302. The van der Waals surface area contributed by atoms with Gasteiger partial charge in [-0.05, 0) is 13.8 Å². The van der Waals surface area contributed by atoms with E-state index in [1.807, 2.05) is 13.8 Å². The number of rotatable bonds is 1. The predicted octanol–water partition coefficient (Wildman–Crippen LogP) is -0.0639. The highest BCUT2D eigenvalue weighted by Crippen LogP contribution is 2.35. The normalized spacial score (nSPS) is 37.8. The summed E-state index contributed by atoms with van der Waals surface area (Å²) in [7, 11) is 0. The van der Waals surface area contributed by atoms with Crippen LogP contribution in [0.3, 0.4) is 0 Å². The largest absolute Gasteiger partial charge is 0.343 e. The summed E-state index contributed by atoms with van der Waals surface area (Å²) in [5.41, 5.74) is 0. The molecule has 0 saturated carbocycles. The zero-order valence-corrected chi connectivity index (χ0v) is 9.10. The molecule has 3 atom stereocenters. The summed E-state index contributed by atoms with van der Waals surface area (Å²) in [6.45, 7) is 5.51. The first kappa shape index (κ1) is 10.6. The highest BCUT2D eigenvalue weighted by Gasteiger charge is 2.53. The Hall–Kier alpha value is -0.940. The van der Waals surface area contributed by atoms with Gasteiger partial charge in [-0.1, -0.05) is 0 Å². The van der Waals surface area contributed by atoms with E-state index in [1.54, 1.807) is 0 Å². The Balaban J connectivity index is 2.18. The first-order valence-electron chi connectivity index (χ1n) is 5.03. The second kappa shape index (κ2) is 3.28. The van der Waals surface area contributed by atoms with Crippen molar-refractivity contribution in [3.8, 4) is 0 Å². The molecule has 15 heavy (non-hydrogen) atoms. The molecule has 0 spiro atoms. The number of carbonyl (C=O) groups excluding carboxylic acids is 2. The molecule has 0 unspecified atom stereocenters. The summed E-state index contributed by atoms with van der Waals surface area (Å²) < 4.78 is 11.2. The Morgan fingerprint density at radius 3 is 2.67 bits per heavy atom. The second-order valence-corrected chi connectivity index (χ2v) is 4.44. The number of hydrogen-bond acceptors (Lipinski definition) is 4. The van der Waals surface area contributed by atoms with Crippen LogP contribution in [0.15, 0.2) is 0 Å². The van der Waals surface area contributed by atoms with Gasteiger partial charge in [0, 0.05) is 6.92 Å². The lowest BCUT2D eigenvalue weighted by molar-refractivity contribution is -0.166. The molecule has 2 saturated heterocycles. The fourth-order valence-electron chi connectivity index (χ4n) is 2.28. The molecule has 0 bridgehead atoms. The van der Waals surface area contributed by atoms with Gasteiger partial charge >= 0.3 is 0 Å². The maximum absolute atomic E-state index is 11.3. The van der Waals surface area contributed by atoms with Crippen molar-refractivity contribution in [3.05, 3.63) is 0 Å². The minimum atomic E-state index is -0.653. The van der Waals surface area contributed by atoms with Gasteiger partial charge in [-0.2, -0.15) is 0 Å². The van der Waals surface area contributed by atoms with E-state index in [0.29, 0.717) is 6.54 Å². The summed E-state index contributed by atoms with van der Waals surface area (Å²) in [4.78, 5) is 23.7. The van der Waals surface area contributed by atoms with Gasteiger partial charge in [0.25, 0.3) is 0 Å². The molecule has 0 aromatic heterocycles. The number of nitrogens with zero attached hydrogens (tertiary/aromatic N) is 1. The van der Waals surface area contributed by atoms with Crippen molar-refractivity contribution in [1.29, 1.82) is 0 Å². The molecular weight excluding hydrogens is 198 g/mol. The molecule has 5 nitrogen and oxygen atoms in total. The average molecular weight is 213 g/mol. The summed E-state index contributed by atoms with van der Waals surface area (Å²) in [5, 5.41) is 0. The molecule has 0 aromatic carbocycles. The van der Waals surface area contributed by atoms with Gasteiger partial charge < -0.3 is 19.2 Å². The van der Waals surface area contributed by atoms with Crippen LogP contribution in [0.25, 0.3) is 0 Å². The van der Waals surface area contributed by atoms with E-state index < -0.39 is 11.8 Å². The van der Waals surface area contributed by atoms with Crippen molar-refractivity contribution < 1.29 is 19.1 Å². The molecule has 84 valence electrons. The minimum absolute atomic E-state index is 0.119. The van der Waals surface area contributed by atoms with Crippen LogP contribution in [-0.4, -0.2) is 47.7 Å². The quantitative estimate of drug-likeness (QED) is 0.572. The number of hydrogen-bond donors (Lipinski definition) is 0. The van der Waals surface area contributed by atoms with Crippen LogP contribution in [-0.2, 0) is 19.1 Å². The lowest BCUT2D eigenvalue weighted by Crippen LogP contribution is -2.41. The van der Waals surface area contributed by atoms with Gasteiger partial charge in [0.2, 0.25) is 5.91 Å². The van der Waals surface area contributed by atoms with Crippen molar-refractivity contribution in [2.75, 3.05) is 6.54 Å². The third-order valence-electron chi connectivity index (χ3n) is 2.84. The predicted molar refractivity (Wildman–Crippen MR) is 51.1 cm³/mol. The molecule has 5 heteroatoms. The van der Waals surface area contributed by atoms with Crippen molar-refractivity contribution in [2.45, 2.75) is 44.8 Å². The average Bonchev–Trinajstić information content (AvgIpc) is 2.55. The van der Waals surface area contributed by atoms with Crippen LogP contribution < -0.4 is 0 Å². The van der Waals surface area contributed by atoms with Crippen LogP contribution in [0.2, 0.25) is 0 Å². The number of amides is 1. The summed E-state index contributed by atoms with van der Waals surface area (Å²) in [6.07, 6.45) is 0.261. The fraction of sp³-hybridized carbons (Fsp3) is 0.800. The Kier molecular flexibility index (Phi) is 2.31. The topological polar surface area (TPSA) is 55.8 Å². The van der Waals surface area contributed by atoms with Crippen LogP contribution >= 0.6 is 0 Å². The first-order valence-corrected chi connectivity index (χ1v) is 5.03. The smallest absolute Gasteiger partial charge is 0.220 e. The van der Waals surface area contributed by atoms with Gasteiger partial charge in [0.15, 0.2) is 5.79 Å². The number of fused-ring (bicyclic) bond motifs is 1. The maximum Gasteiger partial charge on any atom is 0.220 e. The molecule has 2 rings (SSSR count). The Morgan fingerprint density at radius 2 is 2.13 bits per heavy atom. The Morgan fingerprint density at radius 1 is 1.47 bits per heavy atom. The SMILES string of the molecule is CC(=O)N1C[C@@H]2OC(C)(C)O[C@@H]2[C@H]1C=O. The van der Waals surface area contributed by atoms with Crippen LogP contribution in [0, 0.1) is 0 Å². The van der Waals surface area contributed by atoms with Gasteiger partial charge in [-0.25, -0.2) is 0 Å². The van der Waals surface area contributed by atoms with Crippen LogP contribution in [0.1, 0.15) is 20.8 Å². The molecule has 0 aliphatic carbocycles. The van der Waals surface area contributed by atoms with Crippen molar-refractivity contribution >= 4 is 12.2 Å². The van der Waals surface area contributed by atoms with E-state index >= 15 is 0 Å². The second-order valence-electron chi connectivity index (χ2n) is 4.44. The molecule has 2 fully saturated rings. The van der Waals surface area contributed by atoms with E-state index in [1.165, 1.54) is 11.8 Å². The van der Waals surface area contributed by atoms with Crippen molar-refractivity contribution in [2.24, 2.45) is 0 Å². The zero-order valence-electron chi connectivity index (χ0n) is 9.10. The molecule has 2 aliphatic rings. The number of aldehydes is 1. The summed E-state index contributed by atoms with van der Waals surface area (Å²) >= 11 is 0. The standard InChI is InChI=1S/C10H15NO4/c1-6(13)11-4-8-9(7(11)5-12)15-10(2,3)14-8/h5,7-9H,4H2,1-3H3/t7-,8+,9-/m1/s1. The third-order valence-corrected chi connectivity index (χ3v) is 2.84. The molecule has 2 aliphatic heterocycles. The lowest BCUT2D eigenvalue weighted by atomic mass is 10.1. The van der Waals surface area contributed by atoms with Gasteiger partial charge in [0.05, 0.1) is 6.54 Å². The fourth-order valence-corrected chi connectivity index (χ4v) is 2.28. The molecule has 0 aromatic rings. The molecule has 0 N–H and O–H groups in total. The van der Waals surface area contributed by atoms with Crippen molar-refractivity contribution in [3.63, 3.8) is 0 Å². The van der Waals surface area contributed by atoms with E-state index in [-0.39, 0.29) is 18.1 Å². The number of ether oxygens (including phenoxy) is 2. The highest BCUT2D eigenvalue weighted by atomic mass is 16.8. The monoisotopic (exact) mass is 213 g/mol. The highest BCUT2D eigenvalue weighted by molar-refractivity contribution is 5.79. The van der Waals surface area contributed by atoms with E-state index in [0.717, 1.165) is 6.29 Å². The summed E-state index contributed by atoms with van der Waals surface area (Å²) in [5.74, 6) is -0.772. The van der Waals surface area contributed by atoms with Gasteiger partial charge in [0.1, 0.15) is 24.5 Å². The minimum Gasteiger partial charge on any atom is -0.343 e.